The molecule has 1 aliphatic rings. The van der Waals surface area contributed by atoms with Crippen LogP contribution in [0.5, 0.6) is 0 Å². The molecule has 0 unspecified atom stereocenters. The molecule has 0 aliphatic carbocycles. The van der Waals surface area contributed by atoms with Crippen molar-refractivity contribution in [3.8, 4) is 11.4 Å². The first kappa shape index (κ1) is 16.6. The summed E-state index contributed by atoms with van der Waals surface area (Å²) >= 11 is 0. The summed E-state index contributed by atoms with van der Waals surface area (Å²) in [6, 6.07) is 11.4. The number of halogens is 1. The molecule has 26 heavy (non-hydrogen) atoms. The van der Waals surface area contributed by atoms with Gasteiger partial charge in [0.05, 0.1) is 11.3 Å². The van der Waals surface area contributed by atoms with Crippen LogP contribution in [-0.4, -0.2) is 26.4 Å². The van der Waals surface area contributed by atoms with Gasteiger partial charge in [-0.2, -0.15) is 4.39 Å². The Morgan fingerprint density at radius 1 is 1.23 bits per heavy atom. The van der Waals surface area contributed by atoms with E-state index < -0.39 is 5.95 Å². The van der Waals surface area contributed by atoms with E-state index >= 15 is 0 Å². The largest absolute Gasteiger partial charge is 0.306 e. The molecule has 0 bridgehead atoms. The Kier molecular flexibility index (Phi) is 4.34. The third kappa shape index (κ3) is 3.15. The Bertz CT molecular complexity index is 980. The lowest BCUT2D eigenvalue weighted by atomic mass is 10.0. The van der Waals surface area contributed by atoms with Crippen molar-refractivity contribution >= 4 is 0 Å². The second-order valence-corrected chi connectivity index (χ2v) is 6.56. The smallest absolute Gasteiger partial charge is 0.255 e. The van der Waals surface area contributed by atoms with Gasteiger partial charge in [0.2, 0.25) is 5.95 Å². The second kappa shape index (κ2) is 6.80. The molecule has 132 valence electrons. The first-order chi connectivity index (χ1) is 12.6. The van der Waals surface area contributed by atoms with Crippen LogP contribution in [-0.2, 0) is 19.5 Å². The summed E-state index contributed by atoms with van der Waals surface area (Å²) in [7, 11) is 0. The maximum atomic E-state index is 14.0. The molecule has 4 rings (SSSR count). The summed E-state index contributed by atoms with van der Waals surface area (Å²) in [5, 5.41) is 0. The highest BCUT2D eigenvalue weighted by atomic mass is 19.1. The standard InChI is InChI=1S/C20H19FN4O/c1-13-7-9-22-18(21)15(13)11-25-10-8-17-16(12-25)20(26)24-19(23-17)14-5-3-2-4-6-14/h2-7,9H,8,10-12H2,1H3,(H,23,24,26). The SMILES string of the molecule is Cc1ccnc(F)c1CN1CCc2nc(-c3ccccc3)[nH]c(=O)c2C1. The topological polar surface area (TPSA) is 61.9 Å². The van der Waals surface area contributed by atoms with Crippen LogP contribution in [0, 0.1) is 12.9 Å². The van der Waals surface area contributed by atoms with Crippen LogP contribution in [0.3, 0.4) is 0 Å². The third-order valence-corrected chi connectivity index (χ3v) is 4.81. The molecule has 6 heteroatoms. The fourth-order valence-electron chi connectivity index (χ4n) is 3.32. The Morgan fingerprint density at radius 3 is 2.81 bits per heavy atom. The molecule has 0 atom stereocenters. The zero-order valence-electron chi connectivity index (χ0n) is 14.5. The highest BCUT2D eigenvalue weighted by molar-refractivity contribution is 5.54. The van der Waals surface area contributed by atoms with Gasteiger partial charge in [-0.3, -0.25) is 9.69 Å². The van der Waals surface area contributed by atoms with E-state index in [1.807, 2.05) is 37.3 Å². The van der Waals surface area contributed by atoms with E-state index in [0.717, 1.165) is 23.4 Å². The van der Waals surface area contributed by atoms with Crippen LogP contribution in [0.15, 0.2) is 47.4 Å². The van der Waals surface area contributed by atoms with Gasteiger partial charge in [-0.15, -0.1) is 0 Å². The van der Waals surface area contributed by atoms with E-state index in [-0.39, 0.29) is 5.56 Å². The van der Waals surface area contributed by atoms with E-state index in [2.05, 4.69) is 19.9 Å². The minimum atomic E-state index is -0.442. The van der Waals surface area contributed by atoms with Crippen LogP contribution in [0.1, 0.15) is 22.4 Å². The molecular formula is C20H19FN4O. The lowest BCUT2D eigenvalue weighted by molar-refractivity contribution is 0.237. The zero-order chi connectivity index (χ0) is 18.1. The lowest BCUT2D eigenvalue weighted by Gasteiger charge is -2.28. The summed E-state index contributed by atoms with van der Waals surface area (Å²) < 4.78 is 14.0. The van der Waals surface area contributed by atoms with Crippen molar-refractivity contribution in [3.05, 3.63) is 81.3 Å². The molecule has 1 N–H and O–H groups in total. The van der Waals surface area contributed by atoms with Crippen LogP contribution >= 0.6 is 0 Å². The van der Waals surface area contributed by atoms with Crippen LogP contribution < -0.4 is 5.56 Å². The number of rotatable bonds is 3. The molecule has 1 aliphatic heterocycles. The highest BCUT2D eigenvalue weighted by Crippen LogP contribution is 2.21. The van der Waals surface area contributed by atoms with Gasteiger partial charge in [-0.1, -0.05) is 30.3 Å². The summed E-state index contributed by atoms with van der Waals surface area (Å²) in [6.07, 6.45) is 2.14. The molecule has 0 saturated carbocycles. The van der Waals surface area contributed by atoms with E-state index in [1.165, 1.54) is 6.20 Å². The maximum Gasteiger partial charge on any atom is 0.255 e. The van der Waals surface area contributed by atoms with Crippen molar-refractivity contribution < 1.29 is 4.39 Å². The molecule has 3 aromatic rings. The minimum Gasteiger partial charge on any atom is -0.306 e. The molecular weight excluding hydrogens is 331 g/mol. The third-order valence-electron chi connectivity index (χ3n) is 4.81. The average Bonchev–Trinajstić information content (AvgIpc) is 2.66. The van der Waals surface area contributed by atoms with Crippen LogP contribution in [0.4, 0.5) is 4.39 Å². The zero-order valence-corrected chi connectivity index (χ0v) is 14.5. The molecule has 3 heterocycles. The fraction of sp³-hybridized carbons (Fsp3) is 0.250. The van der Waals surface area contributed by atoms with Gasteiger partial charge in [0, 0.05) is 43.4 Å². The first-order valence-electron chi connectivity index (χ1n) is 8.61. The Hall–Kier alpha value is -2.86. The molecule has 0 amide bonds. The van der Waals surface area contributed by atoms with Crippen molar-refractivity contribution in [1.29, 1.82) is 0 Å². The number of pyridine rings is 1. The van der Waals surface area contributed by atoms with Gasteiger partial charge in [-0.05, 0) is 18.6 Å². The number of benzene rings is 1. The van der Waals surface area contributed by atoms with Gasteiger partial charge in [0.15, 0.2) is 0 Å². The number of aryl methyl sites for hydroxylation is 1. The Labute approximate surface area is 150 Å². The lowest BCUT2D eigenvalue weighted by Crippen LogP contribution is -2.35. The number of nitrogens with one attached hydrogen (secondary N) is 1. The molecule has 1 aromatic carbocycles. The molecule has 5 nitrogen and oxygen atoms in total. The number of hydrogen-bond donors (Lipinski definition) is 1. The predicted molar refractivity (Wildman–Crippen MR) is 97.0 cm³/mol. The molecule has 2 aromatic heterocycles. The van der Waals surface area contributed by atoms with Crippen molar-refractivity contribution in [1.82, 2.24) is 19.9 Å². The summed E-state index contributed by atoms with van der Waals surface area (Å²) in [5.41, 5.74) is 3.71. The van der Waals surface area contributed by atoms with Crippen molar-refractivity contribution in [2.75, 3.05) is 6.54 Å². The summed E-state index contributed by atoms with van der Waals surface area (Å²) in [6.45, 7) is 3.50. The van der Waals surface area contributed by atoms with Crippen LogP contribution in [0.25, 0.3) is 11.4 Å². The quantitative estimate of drug-likeness (QED) is 0.738. The van der Waals surface area contributed by atoms with Gasteiger partial charge < -0.3 is 4.98 Å². The average molecular weight is 350 g/mol. The second-order valence-electron chi connectivity index (χ2n) is 6.56. The van der Waals surface area contributed by atoms with E-state index in [4.69, 9.17) is 0 Å². The Balaban J connectivity index is 1.61. The normalized spacial score (nSPS) is 14.2. The predicted octanol–water partition coefficient (Wildman–Crippen LogP) is 2.84. The number of hydrogen-bond acceptors (Lipinski definition) is 4. The molecule has 0 saturated heterocycles. The van der Waals surface area contributed by atoms with Gasteiger partial charge in [0.1, 0.15) is 5.82 Å². The van der Waals surface area contributed by atoms with E-state index in [0.29, 0.717) is 36.5 Å². The van der Waals surface area contributed by atoms with Crippen molar-refractivity contribution in [2.45, 2.75) is 26.4 Å². The number of fused-ring (bicyclic) bond motifs is 1. The molecule has 0 spiro atoms. The van der Waals surface area contributed by atoms with Gasteiger partial charge >= 0.3 is 0 Å². The maximum absolute atomic E-state index is 14.0. The number of nitrogens with zero attached hydrogens (tertiary/aromatic N) is 3. The monoisotopic (exact) mass is 350 g/mol. The molecule has 0 radical (unpaired) electrons. The van der Waals surface area contributed by atoms with Gasteiger partial charge in [-0.25, -0.2) is 9.97 Å². The first-order valence-corrected chi connectivity index (χ1v) is 8.61. The van der Waals surface area contributed by atoms with Crippen LogP contribution in [0.2, 0.25) is 0 Å². The number of H-pyrrole nitrogens is 1. The highest BCUT2D eigenvalue weighted by Gasteiger charge is 2.23. The summed E-state index contributed by atoms with van der Waals surface area (Å²) in [5.74, 6) is 0.152. The van der Waals surface area contributed by atoms with Crippen molar-refractivity contribution in [3.63, 3.8) is 0 Å². The number of aromatic nitrogens is 3. The Morgan fingerprint density at radius 2 is 2.04 bits per heavy atom. The fourth-order valence-corrected chi connectivity index (χ4v) is 3.32. The van der Waals surface area contributed by atoms with E-state index in [1.54, 1.807) is 6.07 Å². The molecule has 0 fully saturated rings. The minimum absolute atomic E-state index is 0.123. The van der Waals surface area contributed by atoms with Gasteiger partial charge in [0.25, 0.3) is 5.56 Å². The summed E-state index contributed by atoms with van der Waals surface area (Å²) in [4.78, 5) is 25.9. The van der Waals surface area contributed by atoms with E-state index in [9.17, 15) is 9.18 Å². The number of aromatic amines is 1. The van der Waals surface area contributed by atoms with Crippen molar-refractivity contribution in [2.24, 2.45) is 0 Å².